The molecule has 16 atom stereocenters. The van der Waals surface area contributed by atoms with Gasteiger partial charge in [0.1, 0.15) is 17.5 Å². The number of ether oxygens (including phenoxy) is 3. The van der Waals surface area contributed by atoms with Gasteiger partial charge in [-0.05, 0) is 107 Å². The molecule has 8 aliphatic rings. The lowest BCUT2D eigenvalue weighted by atomic mass is 9.57. The van der Waals surface area contributed by atoms with Crippen molar-refractivity contribution in [3.05, 3.63) is 34.4 Å². The number of carbonyl (C=O) groups excluding carboxylic acids is 2. The van der Waals surface area contributed by atoms with Gasteiger partial charge in [0.05, 0.1) is 49.3 Å². The summed E-state index contributed by atoms with van der Waals surface area (Å²) in [6, 6.07) is 0. The maximum atomic E-state index is 14.1. The number of rotatable bonds is 6. The zero-order valence-corrected chi connectivity index (χ0v) is 31.1. The van der Waals surface area contributed by atoms with Gasteiger partial charge in [-0.2, -0.15) is 0 Å². The van der Waals surface area contributed by atoms with Gasteiger partial charge in [-0.1, -0.05) is 24.6 Å². The fourth-order valence-corrected chi connectivity index (χ4v) is 12.1. The molecular formula is C40H61N5O7. The molecule has 52 heavy (non-hydrogen) atoms. The summed E-state index contributed by atoms with van der Waals surface area (Å²) in [5.41, 5.74) is 17.3. The third kappa shape index (κ3) is 6.18. The quantitative estimate of drug-likeness (QED) is 0.154. The van der Waals surface area contributed by atoms with Gasteiger partial charge in [0.2, 0.25) is 0 Å². The van der Waals surface area contributed by atoms with Crippen molar-refractivity contribution >= 4 is 11.8 Å². The van der Waals surface area contributed by atoms with Gasteiger partial charge in [-0.15, -0.1) is 0 Å². The van der Waals surface area contributed by atoms with E-state index in [2.05, 4.69) is 29.0 Å². The van der Waals surface area contributed by atoms with Gasteiger partial charge in [0.15, 0.2) is 0 Å². The first kappa shape index (κ1) is 36.9. The van der Waals surface area contributed by atoms with E-state index in [1.807, 2.05) is 19.9 Å². The van der Waals surface area contributed by atoms with E-state index in [4.69, 9.17) is 25.7 Å². The number of hydrogen-bond donors (Lipinski definition) is 7. The Kier molecular flexibility index (Phi) is 10.4. The van der Waals surface area contributed by atoms with Crippen LogP contribution < -0.4 is 27.4 Å². The first-order valence-corrected chi connectivity index (χ1v) is 20.2. The molecule has 5 aliphatic heterocycles. The molecule has 0 aromatic rings. The van der Waals surface area contributed by atoms with Crippen molar-refractivity contribution in [2.75, 3.05) is 32.8 Å². The summed E-state index contributed by atoms with van der Waals surface area (Å²) in [6.45, 7) is 8.47. The Hall–Kier alpha value is -2.00. The van der Waals surface area contributed by atoms with Crippen molar-refractivity contribution in [2.45, 2.75) is 121 Å². The van der Waals surface area contributed by atoms with Gasteiger partial charge in [-0.3, -0.25) is 4.79 Å². The lowest BCUT2D eigenvalue weighted by Crippen LogP contribution is -2.70. The fourth-order valence-electron chi connectivity index (χ4n) is 12.1. The summed E-state index contributed by atoms with van der Waals surface area (Å²) in [5, 5.41) is 32.8. The lowest BCUT2D eigenvalue weighted by molar-refractivity contribution is -0.294. The van der Waals surface area contributed by atoms with Crippen LogP contribution >= 0.6 is 0 Å². The van der Waals surface area contributed by atoms with Gasteiger partial charge >= 0.3 is 5.97 Å². The van der Waals surface area contributed by atoms with Crippen molar-refractivity contribution in [3.63, 3.8) is 0 Å². The van der Waals surface area contributed by atoms with E-state index >= 15 is 0 Å². The first-order chi connectivity index (χ1) is 25.1. The van der Waals surface area contributed by atoms with Crippen LogP contribution in [0.5, 0.6) is 0 Å². The maximum absolute atomic E-state index is 14.1. The van der Waals surface area contributed by atoms with E-state index in [0.29, 0.717) is 30.4 Å². The topological polar surface area (TPSA) is 190 Å². The van der Waals surface area contributed by atoms with Crippen LogP contribution in [0.4, 0.5) is 0 Å². The Bertz CT molecular complexity index is 1500. The Morgan fingerprint density at radius 2 is 1.92 bits per heavy atom. The summed E-state index contributed by atoms with van der Waals surface area (Å²) >= 11 is 0. The Balaban J connectivity index is 1.28. The molecule has 5 heterocycles. The van der Waals surface area contributed by atoms with Crippen molar-refractivity contribution in [1.29, 1.82) is 0 Å². The SMILES string of the molecule is CC=C(CNCC)C(=O)O[C@H]1CC2C(O)C3C(=O)CC(CO)OC3C3CC4CCNC(N)C4C4=CCC5=C4[C@@H](CC4CNC(N)CC4C5)[C@]1(C)OC23. The number of aliphatic hydroxyl groups is 2. The molecule has 12 nitrogen and oxygen atoms in total. The van der Waals surface area contributed by atoms with Gasteiger partial charge in [-0.25, -0.2) is 4.79 Å². The summed E-state index contributed by atoms with van der Waals surface area (Å²) in [6.07, 6.45) is 6.27. The highest BCUT2D eigenvalue weighted by Gasteiger charge is 2.65. The molecule has 1 saturated carbocycles. The van der Waals surface area contributed by atoms with Crippen LogP contribution in [-0.2, 0) is 23.8 Å². The zero-order valence-electron chi connectivity index (χ0n) is 31.1. The smallest absolute Gasteiger partial charge is 0.335 e. The van der Waals surface area contributed by atoms with Gasteiger partial charge in [0.25, 0.3) is 0 Å². The summed E-state index contributed by atoms with van der Waals surface area (Å²) in [7, 11) is 0. The van der Waals surface area contributed by atoms with Crippen molar-refractivity contribution in [3.8, 4) is 0 Å². The molecule has 288 valence electrons. The highest BCUT2D eigenvalue weighted by atomic mass is 16.6. The van der Waals surface area contributed by atoms with E-state index in [1.54, 1.807) is 0 Å². The molecule has 3 aliphatic carbocycles. The molecule has 5 saturated heterocycles. The lowest BCUT2D eigenvalue weighted by Gasteiger charge is -2.61. The molecule has 0 amide bonds. The molecule has 12 heteroatoms. The largest absolute Gasteiger partial charge is 0.456 e. The predicted molar refractivity (Wildman–Crippen MR) is 194 cm³/mol. The van der Waals surface area contributed by atoms with Crippen LogP contribution in [0.15, 0.2) is 34.4 Å². The highest BCUT2D eigenvalue weighted by Crippen LogP contribution is 2.60. The number of piperidine rings is 2. The molecule has 0 spiro atoms. The standard InChI is InChI=1S/C40H61N5O7/c1-4-19(16-43-5-2)39(49)51-30-15-26-35(48)34-29(47)14-24(18-46)50-37(34)27-11-21-8-9-44-38(42)33(21)25-7-6-20-10-22-13-31(41)45-17-23(22)12-28(32(20)25)40(30,3)52-36(26)27/h4,7,21-24,26-28,30-31,33-38,43-46,48H,5-6,8-18,41-42H2,1-3H3/t21?,22?,23?,24?,26?,27?,28-,30+,31?,33?,34?,35?,36?,37?,38?,40+/m1/s1. The minimum Gasteiger partial charge on any atom is -0.456 e. The average Bonchev–Trinajstić information content (AvgIpc) is 3.43. The third-order valence-corrected chi connectivity index (χ3v) is 14.7. The monoisotopic (exact) mass is 723 g/mol. The number of likely N-dealkylation sites (N-methyl/N-ethyl adjacent to an activating group) is 1. The molecule has 6 fully saturated rings. The number of allylic oxidation sites excluding steroid dienone is 3. The minimum atomic E-state index is -1.03. The van der Waals surface area contributed by atoms with Crippen molar-refractivity contribution in [1.82, 2.24) is 16.0 Å². The van der Waals surface area contributed by atoms with Gasteiger partial charge in [0, 0.05) is 42.2 Å². The van der Waals surface area contributed by atoms with Crippen molar-refractivity contribution in [2.24, 2.45) is 58.8 Å². The van der Waals surface area contributed by atoms with Crippen LogP contribution in [0, 0.1) is 47.3 Å². The molecule has 2 bridgehead atoms. The number of fused-ring (bicyclic) bond motifs is 7. The second-order valence-electron chi connectivity index (χ2n) is 17.3. The molecule has 13 unspecified atom stereocenters. The molecule has 0 aromatic heterocycles. The number of carbonyl (C=O) groups is 2. The van der Waals surface area contributed by atoms with E-state index in [1.165, 1.54) is 16.7 Å². The number of aliphatic hydroxyl groups excluding tert-OH is 2. The van der Waals surface area contributed by atoms with Crippen LogP contribution in [0.2, 0.25) is 0 Å². The number of nitrogens with two attached hydrogens (primary N) is 2. The van der Waals surface area contributed by atoms with E-state index in [0.717, 1.165) is 58.2 Å². The molecular weight excluding hydrogens is 662 g/mol. The Morgan fingerprint density at radius 3 is 2.69 bits per heavy atom. The number of hydrogen-bond acceptors (Lipinski definition) is 12. The van der Waals surface area contributed by atoms with Crippen LogP contribution in [0.1, 0.15) is 72.1 Å². The molecule has 0 aromatic carbocycles. The average molecular weight is 724 g/mol. The van der Waals surface area contributed by atoms with E-state index in [9.17, 15) is 19.8 Å². The van der Waals surface area contributed by atoms with Crippen LogP contribution in [0.25, 0.3) is 0 Å². The molecule has 8 rings (SSSR count). The predicted octanol–water partition coefficient (Wildman–Crippen LogP) is 1.41. The van der Waals surface area contributed by atoms with E-state index < -0.39 is 48.0 Å². The maximum Gasteiger partial charge on any atom is 0.335 e. The van der Waals surface area contributed by atoms with Crippen LogP contribution in [0.3, 0.4) is 0 Å². The molecule has 0 radical (unpaired) electrons. The second-order valence-corrected chi connectivity index (χ2v) is 17.3. The number of ketones is 1. The highest BCUT2D eigenvalue weighted by molar-refractivity contribution is 5.89. The fraction of sp³-hybridized carbons (Fsp3) is 0.800. The molecule has 9 N–H and O–H groups in total. The Morgan fingerprint density at radius 1 is 1.10 bits per heavy atom. The normalized spacial score (nSPS) is 47.3. The summed E-state index contributed by atoms with van der Waals surface area (Å²) in [4.78, 5) is 27.9. The van der Waals surface area contributed by atoms with Gasteiger partial charge < -0.3 is 51.8 Å². The minimum absolute atomic E-state index is 0.0385. The number of esters is 1. The number of Topliss-reactive ketones (excluding diaryl/α,β-unsaturated/α-hetero) is 1. The first-order valence-electron chi connectivity index (χ1n) is 20.2. The van der Waals surface area contributed by atoms with Crippen LogP contribution in [-0.4, -0.2) is 103 Å². The third-order valence-electron chi connectivity index (χ3n) is 14.7. The van der Waals surface area contributed by atoms with E-state index in [-0.39, 0.29) is 60.8 Å². The zero-order chi connectivity index (χ0) is 36.5. The summed E-state index contributed by atoms with van der Waals surface area (Å²) < 4.78 is 20.9. The Labute approximate surface area is 307 Å². The second kappa shape index (κ2) is 14.6. The number of nitrogens with one attached hydrogen (secondary N) is 3. The van der Waals surface area contributed by atoms with Crippen molar-refractivity contribution < 1.29 is 34.0 Å². The summed E-state index contributed by atoms with van der Waals surface area (Å²) in [5.74, 6) is -0.936.